The van der Waals surface area contributed by atoms with Gasteiger partial charge >= 0.3 is 5.97 Å². The van der Waals surface area contributed by atoms with Crippen LogP contribution in [-0.4, -0.2) is 11.1 Å². The van der Waals surface area contributed by atoms with Gasteiger partial charge in [-0.05, 0) is 19.8 Å². The van der Waals surface area contributed by atoms with Crippen molar-refractivity contribution in [2.75, 3.05) is 0 Å². The predicted octanol–water partition coefficient (Wildman–Crippen LogP) is 2.49. The maximum Gasteiger partial charge on any atom is 0.306 e. The smallest absolute Gasteiger partial charge is 0.306 e. The highest BCUT2D eigenvalue weighted by molar-refractivity contribution is 5.85. The Balaban J connectivity index is 0. The van der Waals surface area contributed by atoms with Gasteiger partial charge in [0.05, 0.1) is 5.92 Å². The normalized spacial score (nSPS) is 12.5. The summed E-state index contributed by atoms with van der Waals surface area (Å²) in [6, 6.07) is 0. The van der Waals surface area contributed by atoms with Gasteiger partial charge in [0, 0.05) is 0 Å². The Morgan fingerprint density at radius 2 is 2.18 bits per heavy atom. The summed E-state index contributed by atoms with van der Waals surface area (Å²) in [7, 11) is 0. The molecule has 1 atom stereocenters. The zero-order valence-corrected chi connectivity index (χ0v) is 7.73. The number of carbonyl (C=O) groups is 1. The van der Waals surface area contributed by atoms with Crippen LogP contribution >= 0.6 is 12.4 Å². The standard InChI is InChI=1S/C8H14O2.ClH/c1-3-4-5-6-7(2)8(9)10;/h3-4,7H,5-6H2,1-2H3,(H,9,10);1H. The average molecular weight is 179 g/mol. The van der Waals surface area contributed by atoms with E-state index in [1.807, 2.05) is 19.1 Å². The molecule has 1 unspecified atom stereocenters. The lowest BCUT2D eigenvalue weighted by Crippen LogP contribution is -2.08. The van der Waals surface area contributed by atoms with Gasteiger partial charge in [-0.15, -0.1) is 12.4 Å². The van der Waals surface area contributed by atoms with Crippen molar-refractivity contribution in [3.63, 3.8) is 0 Å². The molecule has 0 aliphatic rings. The zero-order valence-electron chi connectivity index (χ0n) is 6.91. The Morgan fingerprint density at radius 3 is 2.55 bits per heavy atom. The molecular weight excluding hydrogens is 164 g/mol. The molecule has 0 aromatic carbocycles. The third-order valence-electron chi connectivity index (χ3n) is 1.42. The molecule has 0 aliphatic carbocycles. The summed E-state index contributed by atoms with van der Waals surface area (Å²) < 4.78 is 0. The van der Waals surface area contributed by atoms with Crippen molar-refractivity contribution in [2.45, 2.75) is 26.7 Å². The predicted molar refractivity (Wildman–Crippen MR) is 48.1 cm³/mol. The molecule has 3 heteroatoms. The van der Waals surface area contributed by atoms with Crippen LogP contribution in [0.3, 0.4) is 0 Å². The van der Waals surface area contributed by atoms with Gasteiger partial charge in [-0.1, -0.05) is 19.1 Å². The van der Waals surface area contributed by atoms with E-state index >= 15 is 0 Å². The van der Waals surface area contributed by atoms with E-state index in [2.05, 4.69) is 0 Å². The highest BCUT2D eigenvalue weighted by atomic mass is 35.5. The fourth-order valence-electron chi connectivity index (χ4n) is 0.636. The molecule has 2 nitrogen and oxygen atoms in total. The van der Waals surface area contributed by atoms with Gasteiger partial charge in [0.25, 0.3) is 0 Å². The number of aliphatic carboxylic acids is 1. The van der Waals surface area contributed by atoms with Crippen LogP contribution in [0.15, 0.2) is 12.2 Å². The molecule has 0 aromatic rings. The summed E-state index contributed by atoms with van der Waals surface area (Å²) in [5.74, 6) is -0.916. The van der Waals surface area contributed by atoms with Gasteiger partial charge in [0.15, 0.2) is 0 Å². The number of rotatable bonds is 4. The van der Waals surface area contributed by atoms with Gasteiger partial charge in [-0.2, -0.15) is 0 Å². The van der Waals surface area contributed by atoms with E-state index in [4.69, 9.17) is 5.11 Å². The first-order valence-electron chi connectivity index (χ1n) is 3.52. The van der Waals surface area contributed by atoms with Crippen LogP contribution < -0.4 is 0 Å². The monoisotopic (exact) mass is 178 g/mol. The highest BCUT2D eigenvalue weighted by Gasteiger charge is 2.07. The number of hydrogen-bond donors (Lipinski definition) is 1. The third-order valence-corrected chi connectivity index (χ3v) is 1.42. The molecule has 0 spiro atoms. The summed E-state index contributed by atoms with van der Waals surface area (Å²) >= 11 is 0. The summed E-state index contributed by atoms with van der Waals surface area (Å²) in [4.78, 5) is 10.3. The van der Waals surface area contributed by atoms with Crippen LogP contribution in [0.5, 0.6) is 0 Å². The van der Waals surface area contributed by atoms with Gasteiger partial charge in [-0.3, -0.25) is 4.79 Å². The number of allylic oxidation sites excluding steroid dienone is 2. The molecule has 0 saturated heterocycles. The lowest BCUT2D eigenvalue weighted by atomic mass is 10.1. The minimum atomic E-state index is -0.704. The van der Waals surface area contributed by atoms with Crippen LogP contribution in [0.4, 0.5) is 0 Å². The Morgan fingerprint density at radius 1 is 1.64 bits per heavy atom. The summed E-state index contributed by atoms with van der Waals surface area (Å²) in [5, 5.41) is 8.46. The van der Waals surface area contributed by atoms with Gasteiger partial charge in [-0.25, -0.2) is 0 Å². The van der Waals surface area contributed by atoms with Gasteiger partial charge < -0.3 is 5.11 Å². The first kappa shape index (κ1) is 13.1. The van der Waals surface area contributed by atoms with Crippen molar-refractivity contribution in [2.24, 2.45) is 5.92 Å². The van der Waals surface area contributed by atoms with Crippen LogP contribution in [0.1, 0.15) is 26.7 Å². The minimum Gasteiger partial charge on any atom is -0.481 e. The number of halogens is 1. The zero-order chi connectivity index (χ0) is 7.98. The Kier molecular flexibility index (Phi) is 9.07. The van der Waals surface area contributed by atoms with Crippen molar-refractivity contribution in [3.8, 4) is 0 Å². The quantitative estimate of drug-likeness (QED) is 0.672. The summed E-state index contributed by atoms with van der Waals surface area (Å²) in [5.41, 5.74) is 0. The molecule has 0 rings (SSSR count). The SMILES string of the molecule is CC=CCCC(C)C(=O)O.Cl. The second kappa shape index (κ2) is 7.61. The Bertz CT molecular complexity index is 132. The van der Waals surface area contributed by atoms with E-state index < -0.39 is 5.97 Å². The maximum absolute atomic E-state index is 10.3. The Hall–Kier alpha value is -0.500. The molecule has 0 saturated carbocycles. The summed E-state index contributed by atoms with van der Waals surface area (Å²) in [6.07, 6.45) is 5.53. The van der Waals surface area contributed by atoms with Gasteiger partial charge in [0.1, 0.15) is 0 Å². The second-order valence-electron chi connectivity index (χ2n) is 2.39. The van der Waals surface area contributed by atoms with Crippen molar-refractivity contribution in [1.29, 1.82) is 0 Å². The molecule has 0 fully saturated rings. The Labute approximate surface area is 73.7 Å². The molecular formula is C8H15ClO2. The molecule has 0 bridgehead atoms. The largest absolute Gasteiger partial charge is 0.481 e. The van der Waals surface area contributed by atoms with E-state index in [1.165, 1.54) is 0 Å². The lowest BCUT2D eigenvalue weighted by Gasteiger charge is -2.01. The van der Waals surface area contributed by atoms with E-state index in [9.17, 15) is 4.79 Å². The second-order valence-corrected chi connectivity index (χ2v) is 2.39. The van der Waals surface area contributed by atoms with Crippen molar-refractivity contribution in [1.82, 2.24) is 0 Å². The number of hydrogen-bond acceptors (Lipinski definition) is 1. The van der Waals surface area contributed by atoms with Crippen LogP contribution in [0.25, 0.3) is 0 Å². The van der Waals surface area contributed by atoms with Crippen molar-refractivity contribution < 1.29 is 9.90 Å². The third kappa shape index (κ3) is 7.40. The first-order valence-corrected chi connectivity index (χ1v) is 3.52. The number of carboxylic acids is 1. The first-order chi connectivity index (χ1) is 4.68. The highest BCUT2D eigenvalue weighted by Crippen LogP contribution is 2.05. The molecule has 11 heavy (non-hydrogen) atoms. The van der Waals surface area contributed by atoms with Crippen molar-refractivity contribution >= 4 is 18.4 Å². The molecule has 0 heterocycles. The lowest BCUT2D eigenvalue weighted by molar-refractivity contribution is -0.141. The minimum absolute atomic E-state index is 0. The van der Waals surface area contributed by atoms with Crippen molar-refractivity contribution in [3.05, 3.63) is 12.2 Å². The van der Waals surface area contributed by atoms with E-state index in [0.717, 1.165) is 12.8 Å². The summed E-state index contributed by atoms with van der Waals surface area (Å²) in [6.45, 7) is 3.66. The number of carboxylic acid groups (broad SMARTS) is 1. The average Bonchev–Trinajstić information content (AvgIpc) is 1.88. The molecule has 0 radical (unpaired) electrons. The van der Waals surface area contributed by atoms with Gasteiger partial charge in [0.2, 0.25) is 0 Å². The topological polar surface area (TPSA) is 37.3 Å². The van der Waals surface area contributed by atoms with E-state index in [1.54, 1.807) is 6.92 Å². The van der Waals surface area contributed by atoms with Crippen LogP contribution in [0, 0.1) is 5.92 Å². The molecule has 0 aliphatic heterocycles. The molecule has 1 N–H and O–H groups in total. The molecule has 66 valence electrons. The van der Waals surface area contributed by atoms with E-state index in [-0.39, 0.29) is 18.3 Å². The fourth-order valence-corrected chi connectivity index (χ4v) is 0.636. The van der Waals surface area contributed by atoms with Crippen LogP contribution in [0.2, 0.25) is 0 Å². The van der Waals surface area contributed by atoms with Crippen LogP contribution in [-0.2, 0) is 4.79 Å². The maximum atomic E-state index is 10.3. The fraction of sp³-hybridized carbons (Fsp3) is 0.625. The molecule has 0 aromatic heterocycles. The molecule has 0 amide bonds. The van der Waals surface area contributed by atoms with E-state index in [0.29, 0.717) is 0 Å².